The zero-order valence-electron chi connectivity index (χ0n) is 14.2. The van der Waals surface area contributed by atoms with Crippen LogP contribution in [0.15, 0.2) is 54.7 Å². The normalized spacial score (nSPS) is 12.0. The molecule has 1 unspecified atom stereocenters. The number of hydrogen-bond acceptors (Lipinski definition) is 3. The smallest absolute Gasteiger partial charge is 0.319 e. The molecule has 1 atom stereocenters. The number of aryl methyl sites for hydroxylation is 1. The summed E-state index contributed by atoms with van der Waals surface area (Å²) in [5, 5.41) is 16.8. The molecule has 0 fully saturated rings. The number of urea groups is 1. The molecule has 1 heterocycles. The van der Waals surface area contributed by atoms with Gasteiger partial charge in [0.2, 0.25) is 0 Å². The molecule has 0 aliphatic rings. The standard InChI is InChI=1S/C19H21N3O3/c1-22-12-16(15-8-3-4-9-17(15)22)18(23)11-20-19(24)21-13-6-5-7-14(10-13)25-2/h3-10,12,18,23H,11H2,1-2H3,(H2,20,21,24). The summed E-state index contributed by atoms with van der Waals surface area (Å²) in [6.07, 6.45) is 1.10. The van der Waals surface area contributed by atoms with E-state index in [0.29, 0.717) is 11.4 Å². The number of rotatable bonds is 5. The minimum Gasteiger partial charge on any atom is -0.497 e. The van der Waals surface area contributed by atoms with Crippen LogP contribution in [-0.4, -0.2) is 29.4 Å². The van der Waals surface area contributed by atoms with Crippen LogP contribution in [0.5, 0.6) is 5.75 Å². The first-order valence-corrected chi connectivity index (χ1v) is 7.99. The highest BCUT2D eigenvalue weighted by Crippen LogP contribution is 2.25. The van der Waals surface area contributed by atoms with Crippen LogP contribution in [-0.2, 0) is 7.05 Å². The summed E-state index contributed by atoms with van der Waals surface area (Å²) in [5.41, 5.74) is 2.45. The fraction of sp³-hybridized carbons (Fsp3) is 0.211. The Morgan fingerprint density at radius 2 is 2.04 bits per heavy atom. The third-order valence-electron chi connectivity index (χ3n) is 4.07. The number of ether oxygens (including phenoxy) is 1. The molecule has 0 bridgehead atoms. The van der Waals surface area contributed by atoms with E-state index < -0.39 is 6.10 Å². The summed E-state index contributed by atoms with van der Waals surface area (Å²) in [6, 6.07) is 14.5. The average molecular weight is 339 g/mol. The maximum absolute atomic E-state index is 12.0. The van der Waals surface area contributed by atoms with Crippen molar-refractivity contribution in [3.8, 4) is 5.75 Å². The quantitative estimate of drug-likeness (QED) is 0.669. The lowest BCUT2D eigenvalue weighted by Gasteiger charge is -2.12. The monoisotopic (exact) mass is 339 g/mol. The van der Waals surface area contributed by atoms with Gasteiger partial charge in [-0.25, -0.2) is 4.79 Å². The highest BCUT2D eigenvalue weighted by Gasteiger charge is 2.15. The van der Waals surface area contributed by atoms with Gasteiger partial charge in [0.25, 0.3) is 0 Å². The molecule has 2 amide bonds. The third kappa shape index (κ3) is 3.75. The zero-order valence-corrected chi connectivity index (χ0v) is 14.2. The second-order valence-electron chi connectivity index (χ2n) is 5.80. The fourth-order valence-corrected chi connectivity index (χ4v) is 2.81. The van der Waals surface area contributed by atoms with E-state index in [9.17, 15) is 9.90 Å². The Morgan fingerprint density at radius 3 is 2.84 bits per heavy atom. The Kier molecular flexibility index (Phi) is 4.90. The summed E-state index contributed by atoms with van der Waals surface area (Å²) in [6.45, 7) is 0.115. The van der Waals surface area contributed by atoms with Gasteiger partial charge in [0, 0.05) is 48.0 Å². The molecule has 130 valence electrons. The molecule has 1 aromatic heterocycles. The number of nitrogens with one attached hydrogen (secondary N) is 2. The van der Waals surface area contributed by atoms with Gasteiger partial charge < -0.3 is 25.0 Å². The molecule has 3 N–H and O–H groups in total. The van der Waals surface area contributed by atoms with E-state index in [4.69, 9.17) is 4.74 Å². The van der Waals surface area contributed by atoms with Crippen molar-refractivity contribution >= 4 is 22.6 Å². The van der Waals surface area contributed by atoms with Crippen LogP contribution in [0.1, 0.15) is 11.7 Å². The number of carbonyl (C=O) groups is 1. The van der Waals surface area contributed by atoms with Crippen LogP contribution in [0.4, 0.5) is 10.5 Å². The van der Waals surface area contributed by atoms with E-state index >= 15 is 0 Å². The van der Waals surface area contributed by atoms with Crippen molar-refractivity contribution in [2.45, 2.75) is 6.10 Å². The van der Waals surface area contributed by atoms with Crippen LogP contribution in [0.2, 0.25) is 0 Å². The predicted octanol–water partition coefficient (Wildman–Crippen LogP) is 3.04. The molecule has 3 rings (SSSR count). The van der Waals surface area contributed by atoms with Crippen molar-refractivity contribution < 1.29 is 14.6 Å². The molecule has 0 saturated carbocycles. The lowest BCUT2D eigenvalue weighted by molar-refractivity contribution is 0.176. The van der Waals surface area contributed by atoms with E-state index in [1.54, 1.807) is 31.4 Å². The number of para-hydroxylation sites is 1. The summed E-state index contributed by atoms with van der Waals surface area (Å²) in [4.78, 5) is 12.0. The number of carbonyl (C=O) groups excluding carboxylic acids is 1. The number of hydrogen-bond donors (Lipinski definition) is 3. The third-order valence-corrected chi connectivity index (χ3v) is 4.07. The fourth-order valence-electron chi connectivity index (χ4n) is 2.81. The highest BCUT2D eigenvalue weighted by molar-refractivity contribution is 5.89. The van der Waals surface area contributed by atoms with Gasteiger partial charge in [0.15, 0.2) is 0 Å². The van der Waals surface area contributed by atoms with E-state index in [1.807, 2.05) is 42.1 Å². The van der Waals surface area contributed by atoms with E-state index in [1.165, 1.54) is 0 Å². The Bertz CT molecular complexity index is 889. The van der Waals surface area contributed by atoms with Crippen molar-refractivity contribution in [1.82, 2.24) is 9.88 Å². The maximum atomic E-state index is 12.0. The molecule has 6 nitrogen and oxygen atoms in total. The molecular formula is C19H21N3O3. The van der Waals surface area contributed by atoms with Gasteiger partial charge in [-0.3, -0.25) is 0 Å². The van der Waals surface area contributed by atoms with Gasteiger partial charge >= 0.3 is 6.03 Å². The number of nitrogens with zero attached hydrogens (tertiary/aromatic N) is 1. The van der Waals surface area contributed by atoms with Gasteiger partial charge in [-0.15, -0.1) is 0 Å². The number of benzene rings is 2. The molecule has 0 aliphatic carbocycles. The summed E-state index contributed by atoms with van der Waals surface area (Å²) >= 11 is 0. The lowest BCUT2D eigenvalue weighted by Crippen LogP contribution is -2.32. The summed E-state index contributed by atoms with van der Waals surface area (Å²) in [7, 11) is 3.50. The molecule has 0 spiro atoms. The van der Waals surface area contributed by atoms with E-state index in [0.717, 1.165) is 16.5 Å². The number of methoxy groups -OCH3 is 1. The molecule has 6 heteroatoms. The molecule has 2 aromatic carbocycles. The molecular weight excluding hydrogens is 318 g/mol. The molecule has 0 radical (unpaired) electrons. The first-order chi connectivity index (χ1) is 12.1. The number of aromatic nitrogens is 1. The maximum Gasteiger partial charge on any atom is 0.319 e. The Balaban J connectivity index is 1.63. The summed E-state index contributed by atoms with van der Waals surface area (Å²) in [5.74, 6) is 0.661. The summed E-state index contributed by atoms with van der Waals surface area (Å²) < 4.78 is 7.08. The number of aliphatic hydroxyl groups is 1. The average Bonchev–Trinajstić information content (AvgIpc) is 2.97. The van der Waals surface area contributed by atoms with Crippen LogP contribution in [0, 0.1) is 0 Å². The van der Waals surface area contributed by atoms with Crippen LogP contribution >= 0.6 is 0 Å². The molecule has 0 saturated heterocycles. The van der Waals surface area contributed by atoms with Gasteiger partial charge in [-0.05, 0) is 18.2 Å². The first kappa shape index (κ1) is 16.9. The van der Waals surface area contributed by atoms with Crippen molar-refractivity contribution in [3.05, 3.63) is 60.3 Å². The van der Waals surface area contributed by atoms with Gasteiger partial charge in [0.1, 0.15) is 5.75 Å². The van der Waals surface area contributed by atoms with Crippen molar-refractivity contribution in [3.63, 3.8) is 0 Å². The van der Waals surface area contributed by atoms with Crippen LogP contribution in [0.3, 0.4) is 0 Å². The Morgan fingerprint density at radius 1 is 1.24 bits per heavy atom. The second kappa shape index (κ2) is 7.27. The van der Waals surface area contributed by atoms with Gasteiger partial charge in [0.05, 0.1) is 13.2 Å². The van der Waals surface area contributed by atoms with Gasteiger partial charge in [-0.2, -0.15) is 0 Å². The second-order valence-corrected chi connectivity index (χ2v) is 5.80. The van der Waals surface area contributed by atoms with Crippen LogP contribution < -0.4 is 15.4 Å². The van der Waals surface area contributed by atoms with Crippen molar-refractivity contribution in [1.29, 1.82) is 0 Å². The van der Waals surface area contributed by atoms with Crippen molar-refractivity contribution in [2.75, 3.05) is 19.0 Å². The number of aliphatic hydroxyl groups excluding tert-OH is 1. The number of anilines is 1. The SMILES string of the molecule is COc1cccc(NC(=O)NCC(O)c2cn(C)c3ccccc23)c1. The largest absolute Gasteiger partial charge is 0.497 e. The van der Waals surface area contributed by atoms with Crippen molar-refractivity contribution in [2.24, 2.45) is 7.05 Å². The molecule has 25 heavy (non-hydrogen) atoms. The van der Waals surface area contributed by atoms with Crippen LogP contribution in [0.25, 0.3) is 10.9 Å². The van der Waals surface area contributed by atoms with E-state index in [2.05, 4.69) is 10.6 Å². The zero-order chi connectivity index (χ0) is 17.8. The Labute approximate surface area is 146 Å². The minimum atomic E-state index is -0.790. The van der Waals surface area contributed by atoms with E-state index in [-0.39, 0.29) is 12.6 Å². The minimum absolute atomic E-state index is 0.115. The topological polar surface area (TPSA) is 75.5 Å². The lowest BCUT2D eigenvalue weighted by atomic mass is 10.1. The van der Waals surface area contributed by atoms with Gasteiger partial charge in [-0.1, -0.05) is 24.3 Å². The first-order valence-electron chi connectivity index (χ1n) is 7.99. The molecule has 0 aliphatic heterocycles. The highest BCUT2D eigenvalue weighted by atomic mass is 16.5. The predicted molar refractivity (Wildman–Crippen MR) is 97.9 cm³/mol. The Hall–Kier alpha value is -2.99. The molecule has 3 aromatic rings. The number of fused-ring (bicyclic) bond motifs is 1. The number of amides is 2.